The number of aromatic nitrogens is 3. The first kappa shape index (κ1) is 26.3. The number of nitrogens with two attached hydrogens (primary N) is 1. The van der Waals surface area contributed by atoms with Crippen LogP contribution in [0.15, 0.2) is 66.9 Å². The van der Waals surface area contributed by atoms with E-state index in [1.165, 1.54) is 4.90 Å². The van der Waals surface area contributed by atoms with Crippen LogP contribution in [-0.2, 0) is 22.6 Å². The van der Waals surface area contributed by atoms with Gasteiger partial charge in [0.1, 0.15) is 17.5 Å². The molecule has 0 aliphatic carbocycles. The Balaban J connectivity index is 1.57. The van der Waals surface area contributed by atoms with Crippen molar-refractivity contribution in [1.82, 2.24) is 14.5 Å². The summed E-state index contributed by atoms with van der Waals surface area (Å²) < 4.78 is 7.13. The summed E-state index contributed by atoms with van der Waals surface area (Å²) in [5, 5.41) is 10.9. The molecule has 0 bridgehead atoms. The minimum atomic E-state index is -0.369. The number of nitrogen functional groups attached to an aromatic ring is 1. The second-order valence-corrected chi connectivity index (χ2v) is 8.52. The predicted molar refractivity (Wildman–Crippen MR) is 147 cm³/mol. The molecule has 4 N–H and O–H groups in total. The number of carbonyl (C=O) groups is 2. The van der Waals surface area contributed by atoms with Crippen molar-refractivity contribution in [3.05, 3.63) is 83.8 Å². The third kappa shape index (κ3) is 5.97. The van der Waals surface area contributed by atoms with Crippen molar-refractivity contribution in [2.24, 2.45) is 5.73 Å². The van der Waals surface area contributed by atoms with Crippen LogP contribution >= 0.6 is 0 Å². The molecule has 0 saturated carbocycles. The maximum Gasteiger partial charge on any atom is 0.307 e. The molecule has 10 nitrogen and oxygen atoms in total. The lowest BCUT2D eigenvalue weighted by Gasteiger charge is -2.21. The maximum absolute atomic E-state index is 13.6. The Morgan fingerprint density at radius 2 is 1.84 bits per heavy atom. The molecule has 4 aromatic rings. The lowest BCUT2D eigenvalue weighted by atomic mass is 10.1. The Labute approximate surface area is 221 Å². The van der Waals surface area contributed by atoms with E-state index < -0.39 is 0 Å². The van der Waals surface area contributed by atoms with Gasteiger partial charge in [-0.3, -0.25) is 19.9 Å². The molecule has 0 spiro atoms. The highest BCUT2D eigenvalue weighted by molar-refractivity contribution is 6.07. The molecule has 38 heavy (non-hydrogen) atoms. The van der Waals surface area contributed by atoms with Crippen LogP contribution in [-0.4, -0.2) is 45.4 Å². The van der Waals surface area contributed by atoms with Gasteiger partial charge in [0.25, 0.3) is 5.91 Å². The number of hydrogen-bond acceptors (Lipinski definition) is 7. The second-order valence-electron chi connectivity index (χ2n) is 8.52. The van der Waals surface area contributed by atoms with Gasteiger partial charge in [0, 0.05) is 36.1 Å². The summed E-state index contributed by atoms with van der Waals surface area (Å²) in [6.45, 7) is 5.41. The molecule has 1 amide bonds. The van der Waals surface area contributed by atoms with Crippen molar-refractivity contribution in [2.75, 3.05) is 23.4 Å². The molecule has 10 heteroatoms. The van der Waals surface area contributed by atoms with E-state index in [1.807, 2.05) is 25.1 Å². The predicted octanol–water partition coefficient (Wildman–Crippen LogP) is 3.95. The van der Waals surface area contributed by atoms with Gasteiger partial charge in [-0.15, -0.1) is 0 Å². The molecule has 0 aliphatic heterocycles. The largest absolute Gasteiger partial charge is 0.466 e. The van der Waals surface area contributed by atoms with Crippen molar-refractivity contribution in [2.45, 2.75) is 33.4 Å². The van der Waals surface area contributed by atoms with Crippen molar-refractivity contribution in [3.8, 4) is 0 Å². The minimum Gasteiger partial charge on any atom is -0.466 e. The van der Waals surface area contributed by atoms with E-state index in [0.717, 1.165) is 17.0 Å². The highest BCUT2D eigenvalue weighted by Crippen LogP contribution is 2.22. The molecule has 0 fully saturated rings. The van der Waals surface area contributed by atoms with Crippen molar-refractivity contribution >= 4 is 40.3 Å². The van der Waals surface area contributed by atoms with Gasteiger partial charge >= 0.3 is 5.97 Å². The first-order valence-corrected chi connectivity index (χ1v) is 12.5. The molecule has 2 heterocycles. The average Bonchev–Trinajstić information content (AvgIpc) is 3.29. The molecule has 0 unspecified atom stereocenters. The SMILES string of the molecule is CCOC(=O)CCN(C(=O)c1ccc2c(c1)nc(CNc1ccc(C(=N)N)cc1)n2CC)c1ccccn1. The van der Waals surface area contributed by atoms with E-state index in [9.17, 15) is 9.59 Å². The van der Waals surface area contributed by atoms with Gasteiger partial charge in [-0.1, -0.05) is 6.07 Å². The fourth-order valence-corrected chi connectivity index (χ4v) is 4.17. The molecule has 2 aromatic carbocycles. The Kier molecular flexibility index (Phi) is 8.32. The van der Waals surface area contributed by atoms with Crippen LogP contribution in [0.25, 0.3) is 11.0 Å². The summed E-state index contributed by atoms with van der Waals surface area (Å²) in [5.41, 5.74) is 9.15. The van der Waals surface area contributed by atoms with Crippen molar-refractivity contribution in [3.63, 3.8) is 0 Å². The lowest BCUT2D eigenvalue weighted by molar-refractivity contribution is -0.142. The van der Waals surface area contributed by atoms with Crippen LogP contribution in [0.3, 0.4) is 0 Å². The van der Waals surface area contributed by atoms with E-state index in [0.29, 0.717) is 35.6 Å². The summed E-state index contributed by atoms with van der Waals surface area (Å²) in [4.78, 5) is 36.2. The maximum atomic E-state index is 13.6. The third-order valence-electron chi connectivity index (χ3n) is 6.05. The van der Waals surface area contributed by atoms with Gasteiger partial charge in [0.2, 0.25) is 0 Å². The van der Waals surface area contributed by atoms with Crippen molar-refractivity contribution in [1.29, 1.82) is 5.41 Å². The Morgan fingerprint density at radius 3 is 2.50 bits per heavy atom. The molecule has 0 atom stereocenters. The number of esters is 1. The highest BCUT2D eigenvalue weighted by Gasteiger charge is 2.21. The number of rotatable bonds is 11. The quantitative estimate of drug-likeness (QED) is 0.157. The van der Waals surface area contributed by atoms with Crippen LogP contribution in [0.2, 0.25) is 0 Å². The average molecular weight is 514 g/mol. The molecule has 0 aliphatic rings. The van der Waals surface area contributed by atoms with Crippen LogP contribution in [0, 0.1) is 5.41 Å². The fraction of sp³-hybridized carbons (Fsp3) is 0.250. The summed E-state index contributed by atoms with van der Waals surface area (Å²) >= 11 is 0. The Bertz CT molecular complexity index is 1430. The molecule has 2 aromatic heterocycles. The number of carbonyl (C=O) groups excluding carboxylic acids is 2. The summed E-state index contributed by atoms with van der Waals surface area (Å²) in [6.07, 6.45) is 1.67. The van der Waals surface area contributed by atoms with Crippen molar-refractivity contribution < 1.29 is 14.3 Å². The normalized spacial score (nSPS) is 10.8. The summed E-state index contributed by atoms with van der Waals surface area (Å²) in [6, 6.07) is 18.1. The molecule has 0 saturated heterocycles. The number of pyridine rings is 1. The number of benzene rings is 2. The van der Waals surface area contributed by atoms with Gasteiger partial charge in [0.15, 0.2) is 0 Å². The first-order chi connectivity index (χ1) is 18.4. The van der Waals surface area contributed by atoms with Crippen LogP contribution in [0.5, 0.6) is 0 Å². The Hall–Kier alpha value is -4.73. The number of anilines is 2. The van der Waals surface area contributed by atoms with E-state index >= 15 is 0 Å². The monoisotopic (exact) mass is 513 g/mol. The topological polar surface area (TPSA) is 139 Å². The standard InChI is InChI=1S/C28H31N7O3/c1-3-34-23-13-10-20(28(37)35(16-14-26(36)38-4-2)24-7-5-6-15-31-24)17-22(23)33-25(34)18-32-21-11-8-19(9-12-21)27(29)30/h5-13,15,17,32H,3-4,14,16,18H2,1-2H3,(H3,29,30). The number of hydrogen-bond donors (Lipinski definition) is 3. The number of amides is 1. The van der Waals surface area contributed by atoms with Gasteiger partial charge in [-0.25, -0.2) is 9.97 Å². The number of aryl methyl sites for hydroxylation is 1. The molecular weight excluding hydrogens is 482 g/mol. The van der Waals surface area contributed by atoms with E-state index in [1.54, 1.807) is 55.6 Å². The molecule has 4 rings (SSSR count). The lowest BCUT2D eigenvalue weighted by Crippen LogP contribution is -2.34. The Morgan fingerprint density at radius 1 is 1.08 bits per heavy atom. The summed E-state index contributed by atoms with van der Waals surface area (Å²) in [5.74, 6) is 0.670. The molecular formula is C28H31N7O3. The van der Waals surface area contributed by atoms with Crippen LogP contribution in [0.1, 0.15) is 42.0 Å². The zero-order chi connectivity index (χ0) is 27.1. The van der Waals surface area contributed by atoms with E-state index in [2.05, 4.69) is 14.9 Å². The zero-order valence-corrected chi connectivity index (χ0v) is 21.5. The molecule has 0 radical (unpaired) electrons. The van der Waals surface area contributed by atoms with E-state index in [4.69, 9.17) is 20.9 Å². The van der Waals surface area contributed by atoms with Crippen LogP contribution in [0.4, 0.5) is 11.5 Å². The van der Waals surface area contributed by atoms with Gasteiger partial charge in [-0.2, -0.15) is 0 Å². The van der Waals surface area contributed by atoms with Gasteiger partial charge in [-0.05, 0) is 68.4 Å². The number of nitrogens with zero attached hydrogens (tertiary/aromatic N) is 4. The van der Waals surface area contributed by atoms with Gasteiger partial charge < -0.3 is 20.4 Å². The number of nitrogens with one attached hydrogen (secondary N) is 2. The summed E-state index contributed by atoms with van der Waals surface area (Å²) in [7, 11) is 0. The smallest absolute Gasteiger partial charge is 0.307 e. The zero-order valence-electron chi connectivity index (χ0n) is 21.5. The van der Waals surface area contributed by atoms with Gasteiger partial charge in [0.05, 0.1) is 30.6 Å². The number of fused-ring (bicyclic) bond motifs is 1. The fourth-order valence-electron chi connectivity index (χ4n) is 4.17. The number of imidazole rings is 1. The van der Waals surface area contributed by atoms with E-state index in [-0.39, 0.29) is 37.3 Å². The minimum absolute atomic E-state index is 0.0252. The first-order valence-electron chi connectivity index (χ1n) is 12.5. The molecule has 196 valence electrons. The second kappa shape index (κ2) is 12.0. The highest BCUT2D eigenvalue weighted by atomic mass is 16.5. The number of amidine groups is 1. The van der Waals surface area contributed by atoms with Crippen LogP contribution < -0.4 is 16.0 Å². The third-order valence-corrected chi connectivity index (χ3v) is 6.05. The number of ether oxygens (including phenoxy) is 1.